The van der Waals surface area contributed by atoms with Crippen molar-refractivity contribution in [2.45, 2.75) is 23.8 Å². The first-order valence-corrected chi connectivity index (χ1v) is 7.65. The quantitative estimate of drug-likeness (QED) is 0.585. The van der Waals surface area contributed by atoms with E-state index in [0.29, 0.717) is 23.8 Å². The highest BCUT2D eigenvalue weighted by molar-refractivity contribution is 7.89. The predicted molar refractivity (Wildman–Crippen MR) is 74.3 cm³/mol. The largest absolute Gasteiger partial charge is 0.397 e. The maximum absolute atomic E-state index is 11.7. The van der Waals surface area contributed by atoms with Crippen LogP contribution in [-0.4, -0.2) is 33.2 Å². The van der Waals surface area contributed by atoms with Crippen molar-refractivity contribution >= 4 is 21.4 Å². The lowest BCUT2D eigenvalue weighted by atomic mass is 9.82. The zero-order valence-corrected chi connectivity index (χ0v) is 11.6. The molecule has 106 valence electrons. The molecule has 0 spiro atoms. The van der Waals surface area contributed by atoms with Gasteiger partial charge in [0.1, 0.15) is 0 Å². The van der Waals surface area contributed by atoms with Crippen molar-refractivity contribution in [1.82, 2.24) is 4.72 Å². The van der Waals surface area contributed by atoms with E-state index in [4.69, 9.17) is 5.73 Å². The van der Waals surface area contributed by atoms with E-state index in [-0.39, 0.29) is 11.0 Å². The Kier molecular flexibility index (Phi) is 3.98. The molecule has 0 heterocycles. The van der Waals surface area contributed by atoms with Gasteiger partial charge in [0, 0.05) is 6.54 Å². The number of aliphatic hydroxyl groups is 1. The second-order valence-corrected chi connectivity index (χ2v) is 6.72. The Balaban J connectivity index is 2.09. The highest BCUT2D eigenvalue weighted by Crippen LogP contribution is 2.29. The number of rotatable bonds is 5. The Labute approximate surface area is 113 Å². The third-order valence-electron chi connectivity index (χ3n) is 3.40. The van der Waals surface area contributed by atoms with E-state index in [1.54, 1.807) is 6.07 Å². The standard InChI is InChI=1S/C12H19N3O3S/c1-14-19(17,18)10-2-3-11(13)12(6-10)15-7-8-4-9(16)5-8/h2-3,6,8-9,14-16H,4-5,7,13H2,1H3. The fourth-order valence-electron chi connectivity index (χ4n) is 2.09. The number of aliphatic hydroxyl groups excluding tert-OH is 1. The van der Waals surface area contributed by atoms with Crippen molar-refractivity contribution in [3.63, 3.8) is 0 Å². The predicted octanol–water partition coefficient (Wildman–Crippen LogP) is 0.360. The van der Waals surface area contributed by atoms with Crippen LogP contribution in [0.25, 0.3) is 0 Å². The van der Waals surface area contributed by atoms with Crippen LogP contribution in [0, 0.1) is 5.92 Å². The molecule has 0 atom stereocenters. The zero-order chi connectivity index (χ0) is 14.0. The Morgan fingerprint density at radius 3 is 2.68 bits per heavy atom. The lowest BCUT2D eigenvalue weighted by Crippen LogP contribution is -2.33. The molecule has 0 unspecified atom stereocenters. The van der Waals surface area contributed by atoms with E-state index in [1.807, 2.05) is 0 Å². The van der Waals surface area contributed by atoms with Gasteiger partial charge in [0.15, 0.2) is 0 Å². The molecule has 1 aromatic carbocycles. The molecule has 0 radical (unpaired) electrons. The second-order valence-electron chi connectivity index (χ2n) is 4.83. The van der Waals surface area contributed by atoms with Gasteiger partial charge in [-0.2, -0.15) is 0 Å². The highest BCUT2D eigenvalue weighted by Gasteiger charge is 2.26. The van der Waals surface area contributed by atoms with E-state index < -0.39 is 10.0 Å². The molecule has 0 saturated heterocycles. The number of hydrogen-bond acceptors (Lipinski definition) is 5. The minimum Gasteiger partial charge on any atom is -0.397 e. The third-order valence-corrected chi connectivity index (χ3v) is 4.81. The summed E-state index contributed by atoms with van der Waals surface area (Å²) >= 11 is 0. The minimum atomic E-state index is -3.46. The van der Waals surface area contributed by atoms with Gasteiger partial charge in [-0.15, -0.1) is 0 Å². The van der Waals surface area contributed by atoms with E-state index in [1.165, 1.54) is 19.2 Å². The smallest absolute Gasteiger partial charge is 0.240 e. The molecule has 6 nitrogen and oxygen atoms in total. The van der Waals surface area contributed by atoms with Gasteiger partial charge in [-0.05, 0) is 44.0 Å². The van der Waals surface area contributed by atoms with Crippen LogP contribution in [0.15, 0.2) is 23.1 Å². The normalized spacial score (nSPS) is 22.8. The number of benzene rings is 1. The molecule has 0 aliphatic heterocycles. The lowest BCUT2D eigenvalue weighted by molar-refractivity contribution is 0.0487. The third kappa shape index (κ3) is 3.17. The van der Waals surface area contributed by atoms with Gasteiger partial charge >= 0.3 is 0 Å². The molecule has 7 heteroatoms. The van der Waals surface area contributed by atoms with Gasteiger partial charge in [-0.1, -0.05) is 0 Å². The van der Waals surface area contributed by atoms with Crippen molar-refractivity contribution in [3.8, 4) is 0 Å². The van der Waals surface area contributed by atoms with Crippen LogP contribution in [-0.2, 0) is 10.0 Å². The summed E-state index contributed by atoms with van der Waals surface area (Å²) in [5, 5.41) is 12.4. The summed E-state index contributed by atoms with van der Waals surface area (Å²) in [7, 11) is -2.09. The maximum Gasteiger partial charge on any atom is 0.240 e. The molecule has 0 bridgehead atoms. The van der Waals surface area contributed by atoms with Gasteiger partial charge in [-0.25, -0.2) is 13.1 Å². The van der Waals surface area contributed by atoms with Crippen molar-refractivity contribution in [2.75, 3.05) is 24.6 Å². The first kappa shape index (κ1) is 14.1. The SMILES string of the molecule is CNS(=O)(=O)c1ccc(N)c(NCC2CC(O)C2)c1. The molecule has 1 aliphatic carbocycles. The lowest BCUT2D eigenvalue weighted by Gasteiger charge is -2.31. The molecule has 1 aromatic rings. The summed E-state index contributed by atoms with van der Waals surface area (Å²) < 4.78 is 25.7. The summed E-state index contributed by atoms with van der Waals surface area (Å²) in [6.07, 6.45) is 1.36. The first-order chi connectivity index (χ1) is 8.92. The van der Waals surface area contributed by atoms with E-state index in [0.717, 1.165) is 12.8 Å². The molecule has 1 aliphatic rings. The van der Waals surface area contributed by atoms with Crippen molar-refractivity contribution in [3.05, 3.63) is 18.2 Å². The number of nitrogens with one attached hydrogen (secondary N) is 2. The molecule has 0 aromatic heterocycles. The molecule has 19 heavy (non-hydrogen) atoms. The number of anilines is 2. The second kappa shape index (κ2) is 5.36. The molecular weight excluding hydrogens is 266 g/mol. The zero-order valence-electron chi connectivity index (χ0n) is 10.8. The van der Waals surface area contributed by atoms with Crippen LogP contribution < -0.4 is 15.8 Å². The van der Waals surface area contributed by atoms with Crippen LogP contribution in [0.2, 0.25) is 0 Å². The fraction of sp³-hybridized carbons (Fsp3) is 0.500. The summed E-state index contributed by atoms with van der Waals surface area (Å²) in [5.74, 6) is 0.416. The Hall–Kier alpha value is -1.31. The van der Waals surface area contributed by atoms with Gasteiger partial charge in [-0.3, -0.25) is 0 Å². The molecule has 5 N–H and O–H groups in total. The monoisotopic (exact) mass is 285 g/mol. The number of hydrogen-bond donors (Lipinski definition) is 4. The minimum absolute atomic E-state index is 0.181. The molecule has 0 amide bonds. The highest BCUT2D eigenvalue weighted by atomic mass is 32.2. The molecule has 2 rings (SSSR count). The van der Waals surface area contributed by atoms with Crippen molar-refractivity contribution < 1.29 is 13.5 Å². The van der Waals surface area contributed by atoms with Crippen LogP contribution in [0.1, 0.15) is 12.8 Å². The Morgan fingerprint density at radius 2 is 2.11 bits per heavy atom. The van der Waals surface area contributed by atoms with Crippen LogP contribution in [0.4, 0.5) is 11.4 Å². The van der Waals surface area contributed by atoms with Crippen LogP contribution >= 0.6 is 0 Å². The van der Waals surface area contributed by atoms with Crippen molar-refractivity contribution in [2.24, 2.45) is 5.92 Å². The van der Waals surface area contributed by atoms with Gasteiger partial charge in [0.2, 0.25) is 10.0 Å². The van der Waals surface area contributed by atoms with Gasteiger partial charge < -0.3 is 16.2 Å². The number of nitrogens with two attached hydrogens (primary N) is 1. The Bertz CT molecular complexity index is 553. The molecular formula is C12H19N3O3S. The van der Waals surface area contributed by atoms with Crippen molar-refractivity contribution in [1.29, 1.82) is 0 Å². The average molecular weight is 285 g/mol. The van der Waals surface area contributed by atoms with E-state index in [2.05, 4.69) is 10.0 Å². The molecule has 1 fully saturated rings. The summed E-state index contributed by atoms with van der Waals surface area (Å²) in [6.45, 7) is 0.685. The number of sulfonamides is 1. The average Bonchev–Trinajstić information content (AvgIpc) is 2.34. The summed E-state index contributed by atoms with van der Waals surface area (Å²) in [6, 6.07) is 4.57. The Morgan fingerprint density at radius 1 is 1.42 bits per heavy atom. The number of nitrogen functional groups attached to an aromatic ring is 1. The summed E-state index contributed by atoms with van der Waals surface area (Å²) in [4.78, 5) is 0.181. The van der Waals surface area contributed by atoms with E-state index in [9.17, 15) is 13.5 Å². The summed E-state index contributed by atoms with van der Waals surface area (Å²) in [5.41, 5.74) is 6.94. The van der Waals surface area contributed by atoms with Crippen LogP contribution in [0.3, 0.4) is 0 Å². The maximum atomic E-state index is 11.7. The first-order valence-electron chi connectivity index (χ1n) is 6.17. The van der Waals surface area contributed by atoms with Gasteiger partial charge in [0.25, 0.3) is 0 Å². The van der Waals surface area contributed by atoms with Gasteiger partial charge in [0.05, 0.1) is 22.4 Å². The topological polar surface area (TPSA) is 104 Å². The van der Waals surface area contributed by atoms with Crippen LogP contribution in [0.5, 0.6) is 0 Å². The fourth-order valence-corrected chi connectivity index (χ4v) is 2.85. The molecule has 1 saturated carbocycles. The van der Waals surface area contributed by atoms with E-state index >= 15 is 0 Å².